The maximum Gasteiger partial charge on any atom is 0.401 e. The first-order chi connectivity index (χ1) is 10.4. The Morgan fingerprint density at radius 1 is 1.36 bits per heavy atom. The fourth-order valence-corrected chi connectivity index (χ4v) is 2.52. The molecule has 3 N–H and O–H groups in total. The van der Waals surface area contributed by atoms with Crippen LogP contribution in [0.4, 0.5) is 18.9 Å². The van der Waals surface area contributed by atoms with Crippen molar-refractivity contribution in [3.05, 3.63) is 29.8 Å². The topological polar surface area (TPSA) is 53.6 Å². The van der Waals surface area contributed by atoms with Gasteiger partial charge in [0.15, 0.2) is 5.96 Å². The van der Waals surface area contributed by atoms with Gasteiger partial charge in [0.2, 0.25) is 0 Å². The van der Waals surface area contributed by atoms with E-state index < -0.39 is 12.7 Å². The lowest BCUT2D eigenvalue weighted by Gasteiger charge is -2.17. The minimum atomic E-state index is -4.16. The molecule has 1 aromatic rings. The minimum Gasteiger partial charge on any atom is -0.370 e. The average Bonchev–Trinajstić information content (AvgIpc) is 2.84. The van der Waals surface area contributed by atoms with Crippen molar-refractivity contribution in [1.29, 1.82) is 0 Å². The van der Waals surface area contributed by atoms with Gasteiger partial charge in [-0.15, -0.1) is 0 Å². The molecule has 1 unspecified atom stereocenters. The number of hydrogen-bond acceptors (Lipinski definition) is 2. The molecule has 0 aromatic heterocycles. The van der Waals surface area contributed by atoms with Crippen LogP contribution in [0, 0.1) is 0 Å². The molecule has 0 amide bonds. The van der Waals surface area contributed by atoms with E-state index in [9.17, 15) is 13.2 Å². The average molecular weight is 314 g/mol. The Kier molecular flexibility index (Phi) is 5.28. The summed E-state index contributed by atoms with van der Waals surface area (Å²) in [7, 11) is 0. The zero-order valence-electron chi connectivity index (χ0n) is 12.5. The Balaban J connectivity index is 1.87. The van der Waals surface area contributed by atoms with Crippen LogP contribution in [-0.4, -0.2) is 42.7 Å². The largest absolute Gasteiger partial charge is 0.401 e. The normalized spacial score (nSPS) is 20.4. The van der Waals surface area contributed by atoms with E-state index in [0.717, 1.165) is 12.1 Å². The number of aliphatic imine (C=N–C) groups is 1. The molecular formula is C15H21F3N4. The Labute approximate surface area is 128 Å². The lowest BCUT2D eigenvalue weighted by molar-refractivity contribution is -0.143. The highest BCUT2D eigenvalue weighted by atomic mass is 19.4. The van der Waals surface area contributed by atoms with Gasteiger partial charge in [-0.2, -0.15) is 13.2 Å². The summed E-state index contributed by atoms with van der Waals surface area (Å²) in [5, 5.41) is 2.97. The molecule has 0 radical (unpaired) electrons. The van der Waals surface area contributed by atoms with Crippen molar-refractivity contribution in [1.82, 2.24) is 4.90 Å². The first-order valence-corrected chi connectivity index (χ1v) is 7.34. The molecule has 122 valence electrons. The number of nitrogens with one attached hydrogen (secondary N) is 1. The second-order valence-corrected chi connectivity index (χ2v) is 5.48. The lowest BCUT2D eigenvalue weighted by Crippen LogP contribution is -2.33. The Morgan fingerprint density at radius 2 is 2.05 bits per heavy atom. The summed E-state index contributed by atoms with van der Waals surface area (Å²) in [5.41, 5.74) is 7.87. The standard InChI is InChI=1S/C15H21F3N4/c1-2-11-3-5-12(6-4-11)20-14(19)21-13-7-8-22(9-13)10-15(16,17)18/h3-6,13H,2,7-10H2,1H3,(H3,19,20,21). The highest BCUT2D eigenvalue weighted by Gasteiger charge is 2.34. The summed E-state index contributed by atoms with van der Waals surface area (Å²) < 4.78 is 37.0. The van der Waals surface area contributed by atoms with Gasteiger partial charge in [0.1, 0.15) is 0 Å². The second-order valence-electron chi connectivity index (χ2n) is 5.48. The van der Waals surface area contributed by atoms with Crippen LogP contribution >= 0.6 is 0 Å². The van der Waals surface area contributed by atoms with E-state index in [2.05, 4.69) is 17.2 Å². The van der Waals surface area contributed by atoms with Gasteiger partial charge in [0.25, 0.3) is 0 Å². The van der Waals surface area contributed by atoms with Crippen LogP contribution < -0.4 is 11.1 Å². The molecule has 1 aromatic carbocycles. The summed E-state index contributed by atoms with van der Waals surface area (Å²) in [5.74, 6) is 0.239. The molecule has 0 spiro atoms. The number of nitrogens with two attached hydrogens (primary N) is 1. The highest BCUT2D eigenvalue weighted by molar-refractivity contribution is 5.92. The smallest absolute Gasteiger partial charge is 0.370 e. The van der Waals surface area contributed by atoms with Gasteiger partial charge >= 0.3 is 6.18 Å². The molecule has 1 aliphatic heterocycles. The summed E-state index contributed by atoms with van der Waals surface area (Å²) in [6, 6.07) is 7.62. The maximum absolute atomic E-state index is 12.3. The van der Waals surface area contributed by atoms with Gasteiger partial charge < -0.3 is 11.1 Å². The SMILES string of the molecule is CCc1ccc(NC(N)=NC2CCN(CC(F)(F)F)C2)cc1. The van der Waals surface area contributed by atoms with Crippen molar-refractivity contribution in [3.63, 3.8) is 0 Å². The molecule has 1 aliphatic rings. The van der Waals surface area contributed by atoms with E-state index >= 15 is 0 Å². The number of likely N-dealkylation sites (tertiary alicyclic amines) is 1. The van der Waals surface area contributed by atoms with Crippen LogP contribution in [0.2, 0.25) is 0 Å². The molecule has 22 heavy (non-hydrogen) atoms. The molecule has 1 saturated heterocycles. The number of nitrogens with zero attached hydrogens (tertiary/aromatic N) is 2. The van der Waals surface area contributed by atoms with Crippen molar-refractivity contribution in [2.45, 2.75) is 32.0 Å². The van der Waals surface area contributed by atoms with Gasteiger partial charge in [0.05, 0.1) is 12.6 Å². The number of rotatable bonds is 4. The number of halogens is 3. The molecule has 1 fully saturated rings. The van der Waals surface area contributed by atoms with E-state index in [1.54, 1.807) is 0 Å². The number of benzene rings is 1. The van der Waals surface area contributed by atoms with E-state index in [0.29, 0.717) is 13.0 Å². The van der Waals surface area contributed by atoms with Crippen molar-refractivity contribution in [3.8, 4) is 0 Å². The minimum absolute atomic E-state index is 0.190. The highest BCUT2D eigenvalue weighted by Crippen LogP contribution is 2.21. The number of hydrogen-bond donors (Lipinski definition) is 2. The van der Waals surface area contributed by atoms with Crippen LogP contribution in [0.15, 0.2) is 29.3 Å². The number of anilines is 1. The molecule has 1 heterocycles. The van der Waals surface area contributed by atoms with Gasteiger partial charge in [-0.3, -0.25) is 4.90 Å². The van der Waals surface area contributed by atoms with E-state index in [4.69, 9.17) is 5.73 Å². The Morgan fingerprint density at radius 3 is 2.64 bits per heavy atom. The quantitative estimate of drug-likeness (QED) is 0.663. The maximum atomic E-state index is 12.3. The van der Waals surface area contributed by atoms with Crippen LogP contribution in [-0.2, 0) is 6.42 Å². The Bertz CT molecular complexity index is 511. The number of guanidine groups is 1. The third-order valence-corrected chi connectivity index (χ3v) is 3.61. The summed E-state index contributed by atoms with van der Waals surface area (Å²) >= 11 is 0. The van der Waals surface area contributed by atoms with Crippen molar-refractivity contribution < 1.29 is 13.2 Å². The third kappa shape index (κ3) is 5.22. The summed E-state index contributed by atoms with van der Waals surface area (Å²) in [4.78, 5) is 5.63. The zero-order chi connectivity index (χ0) is 16.2. The second kappa shape index (κ2) is 7.00. The van der Waals surface area contributed by atoms with Crippen molar-refractivity contribution in [2.24, 2.45) is 10.7 Å². The summed E-state index contributed by atoms with van der Waals surface area (Å²) in [6.45, 7) is 1.87. The molecule has 2 rings (SSSR count). The molecule has 0 bridgehead atoms. The van der Waals surface area contributed by atoms with Crippen LogP contribution in [0.5, 0.6) is 0 Å². The predicted octanol–water partition coefficient (Wildman–Crippen LogP) is 2.61. The Hall–Kier alpha value is -1.76. The fourth-order valence-electron chi connectivity index (χ4n) is 2.52. The monoisotopic (exact) mass is 314 g/mol. The molecule has 1 atom stereocenters. The van der Waals surface area contributed by atoms with Gasteiger partial charge in [-0.1, -0.05) is 19.1 Å². The number of aryl methyl sites for hydroxylation is 1. The first-order valence-electron chi connectivity index (χ1n) is 7.34. The fraction of sp³-hybridized carbons (Fsp3) is 0.533. The molecular weight excluding hydrogens is 293 g/mol. The molecule has 7 heteroatoms. The van der Waals surface area contributed by atoms with Crippen LogP contribution in [0.25, 0.3) is 0 Å². The van der Waals surface area contributed by atoms with E-state index in [-0.39, 0.29) is 18.5 Å². The van der Waals surface area contributed by atoms with Crippen LogP contribution in [0.1, 0.15) is 18.9 Å². The molecule has 4 nitrogen and oxygen atoms in total. The van der Waals surface area contributed by atoms with E-state index in [1.165, 1.54) is 10.5 Å². The van der Waals surface area contributed by atoms with Crippen LogP contribution in [0.3, 0.4) is 0 Å². The van der Waals surface area contributed by atoms with Gasteiger partial charge in [-0.05, 0) is 30.5 Å². The number of alkyl halides is 3. The molecule has 0 saturated carbocycles. The predicted molar refractivity (Wildman–Crippen MR) is 82.0 cm³/mol. The van der Waals surface area contributed by atoms with Gasteiger partial charge in [-0.25, -0.2) is 4.99 Å². The lowest BCUT2D eigenvalue weighted by atomic mass is 10.1. The third-order valence-electron chi connectivity index (χ3n) is 3.61. The van der Waals surface area contributed by atoms with Gasteiger partial charge in [0, 0.05) is 18.8 Å². The van der Waals surface area contributed by atoms with Crippen molar-refractivity contribution >= 4 is 11.6 Å². The van der Waals surface area contributed by atoms with E-state index in [1.807, 2.05) is 24.3 Å². The van der Waals surface area contributed by atoms with Crippen molar-refractivity contribution in [2.75, 3.05) is 25.0 Å². The summed E-state index contributed by atoms with van der Waals surface area (Å²) in [6.07, 6.45) is -2.61. The first kappa shape index (κ1) is 16.6. The molecule has 0 aliphatic carbocycles. The zero-order valence-corrected chi connectivity index (χ0v) is 12.5.